The van der Waals surface area contributed by atoms with Gasteiger partial charge in [-0.25, -0.2) is 0 Å². The summed E-state index contributed by atoms with van der Waals surface area (Å²) in [6, 6.07) is 13.7. The molecule has 5 heterocycles. The summed E-state index contributed by atoms with van der Waals surface area (Å²) in [5.74, 6) is 0.670. The third kappa shape index (κ3) is 3.81. The van der Waals surface area contributed by atoms with Crippen molar-refractivity contribution >= 4 is 23.4 Å². The Kier molecular flexibility index (Phi) is 5.46. The number of carbonyl (C=O) groups is 2. The molecule has 0 radical (unpaired) electrons. The van der Waals surface area contributed by atoms with Crippen molar-refractivity contribution in [2.75, 3.05) is 39.5 Å². The highest BCUT2D eigenvalue weighted by molar-refractivity contribution is 6.31. The Labute approximate surface area is 220 Å². The van der Waals surface area contributed by atoms with E-state index in [0.717, 1.165) is 36.7 Å². The summed E-state index contributed by atoms with van der Waals surface area (Å²) in [5.41, 5.74) is 1.38. The van der Waals surface area contributed by atoms with Gasteiger partial charge in [0.05, 0.1) is 50.7 Å². The van der Waals surface area contributed by atoms with Crippen LogP contribution in [0.2, 0.25) is 5.02 Å². The average Bonchev–Trinajstić information content (AvgIpc) is 3.67. The minimum atomic E-state index is -0.713. The lowest BCUT2D eigenvalue weighted by Crippen LogP contribution is -3.13. The van der Waals surface area contributed by atoms with Gasteiger partial charge in [0.2, 0.25) is 18.6 Å². The molecule has 3 saturated heterocycles. The van der Waals surface area contributed by atoms with E-state index in [4.69, 9.17) is 25.8 Å². The molecule has 4 atom stereocenters. The van der Waals surface area contributed by atoms with Crippen LogP contribution in [0.5, 0.6) is 11.5 Å². The summed E-state index contributed by atoms with van der Waals surface area (Å²) in [6.45, 7) is 5.07. The van der Waals surface area contributed by atoms with Crippen LogP contribution in [-0.2, 0) is 27.4 Å². The maximum Gasteiger partial charge on any atom is 0.231 e. The van der Waals surface area contributed by atoms with Crippen LogP contribution < -0.4 is 14.4 Å². The summed E-state index contributed by atoms with van der Waals surface area (Å²) in [4.78, 5) is 32.5. The molecule has 5 aliphatic rings. The number of nitrogens with one attached hydrogen (secondary N) is 1. The Morgan fingerprint density at radius 3 is 2.76 bits per heavy atom. The highest BCUT2D eigenvalue weighted by atomic mass is 35.5. The number of amides is 2. The second-order valence-electron chi connectivity index (χ2n) is 10.6. The van der Waals surface area contributed by atoms with Crippen LogP contribution in [0.15, 0.2) is 54.6 Å². The first-order valence-corrected chi connectivity index (χ1v) is 13.3. The van der Waals surface area contributed by atoms with E-state index >= 15 is 0 Å². The Morgan fingerprint density at radius 2 is 1.92 bits per heavy atom. The molecule has 3 fully saturated rings. The Hall–Kier alpha value is -3.07. The van der Waals surface area contributed by atoms with Gasteiger partial charge in [-0.05, 0) is 29.8 Å². The van der Waals surface area contributed by atoms with E-state index in [2.05, 4.69) is 6.07 Å². The monoisotopic (exact) mass is 522 g/mol. The molecule has 9 heteroatoms. The molecule has 192 valence electrons. The number of ether oxygens (including phenoxy) is 3. The second kappa shape index (κ2) is 8.75. The van der Waals surface area contributed by atoms with Crippen LogP contribution in [0.4, 0.5) is 0 Å². The van der Waals surface area contributed by atoms with Gasteiger partial charge in [0, 0.05) is 17.1 Å². The maximum absolute atomic E-state index is 13.8. The van der Waals surface area contributed by atoms with E-state index in [1.165, 1.54) is 10.5 Å². The molecule has 0 aromatic heterocycles. The Bertz CT molecular complexity index is 1290. The molecule has 0 saturated carbocycles. The van der Waals surface area contributed by atoms with E-state index in [1.54, 1.807) is 4.90 Å². The molecule has 2 aromatic carbocycles. The van der Waals surface area contributed by atoms with Gasteiger partial charge >= 0.3 is 0 Å². The fourth-order valence-corrected chi connectivity index (χ4v) is 6.79. The van der Waals surface area contributed by atoms with Gasteiger partial charge in [0.25, 0.3) is 0 Å². The number of halogens is 1. The molecular formula is C28H29ClN3O5+. The van der Waals surface area contributed by atoms with E-state index in [1.807, 2.05) is 53.5 Å². The standard InChI is InChI=1S/C28H28ClN3O5/c29-20-4-2-1-3-19(20)15-32-16-28-8-7-22(37-28)24(25(28)27(32)34)26(33)31-11-9-30(10-12-31)14-18-5-6-21-23(13-18)36-17-35-21/h1-8,13,22,24-25H,9-12,14-17H2/p+1. The minimum absolute atomic E-state index is 0.0165. The molecule has 5 aliphatic heterocycles. The summed E-state index contributed by atoms with van der Waals surface area (Å²) in [7, 11) is 0. The molecule has 37 heavy (non-hydrogen) atoms. The topological polar surface area (TPSA) is 72.8 Å². The van der Waals surface area contributed by atoms with Crippen molar-refractivity contribution in [3.8, 4) is 11.5 Å². The molecular weight excluding hydrogens is 494 g/mol. The molecule has 1 N–H and O–H groups in total. The van der Waals surface area contributed by atoms with Crippen molar-refractivity contribution in [3.05, 3.63) is 70.8 Å². The number of carbonyl (C=O) groups excluding carboxylic acids is 2. The number of rotatable bonds is 5. The zero-order chi connectivity index (χ0) is 25.1. The van der Waals surface area contributed by atoms with Crippen molar-refractivity contribution < 1.29 is 28.7 Å². The lowest BCUT2D eigenvalue weighted by atomic mass is 9.76. The molecule has 8 nitrogen and oxygen atoms in total. The maximum atomic E-state index is 13.8. The highest BCUT2D eigenvalue weighted by Crippen LogP contribution is 2.52. The van der Waals surface area contributed by atoms with Crippen LogP contribution in [-0.4, -0.2) is 72.8 Å². The zero-order valence-corrected chi connectivity index (χ0v) is 21.2. The molecule has 2 amide bonds. The van der Waals surface area contributed by atoms with Crippen molar-refractivity contribution in [2.24, 2.45) is 11.8 Å². The molecule has 2 bridgehead atoms. The molecule has 1 spiro atoms. The number of nitrogens with zero attached hydrogens (tertiary/aromatic N) is 2. The largest absolute Gasteiger partial charge is 0.454 e. The Morgan fingerprint density at radius 1 is 1.11 bits per heavy atom. The van der Waals surface area contributed by atoms with Crippen molar-refractivity contribution in [1.29, 1.82) is 0 Å². The van der Waals surface area contributed by atoms with E-state index in [-0.39, 0.29) is 24.7 Å². The zero-order valence-electron chi connectivity index (χ0n) is 20.4. The molecule has 7 rings (SSSR count). The van der Waals surface area contributed by atoms with Crippen molar-refractivity contribution in [3.63, 3.8) is 0 Å². The average molecular weight is 523 g/mol. The summed E-state index contributed by atoms with van der Waals surface area (Å²) in [6.07, 6.45) is 3.65. The second-order valence-corrected chi connectivity index (χ2v) is 11.0. The van der Waals surface area contributed by atoms with Gasteiger partial charge in [-0.3, -0.25) is 9.59 Å². The number of quaternary nitrogens is 1. The van der Waals surface area contributed by atoms with Gasteiger partial charge < -0.3 is 28.9 Å². The number of hydrogen-bond acceptors (Lipinski definition) is 5. The van der Waals surface area contributed by atoms with E-state index in [9.17, 15) is 9.59 Å². The normalized spacial score (nSPS) is 29.9. The van der Waals surface area contributed by atoms with Gasteiger partial charge in [-0.2, -0.15) is 0 Å². The number of likely N-dealkylation sites (tertiary alicyclic amines) is 1. The predicted molar refractivity (Wildman–Crippen MR) is 134 cm³/mol. The molecule has 4 unspecified atom stereocenters. The molecule has 2 aromatic rings. The van der Waals surface area contributed by atoms with Gasteiger partial charge in [0.1, 0.15) is 12.1 Å². The van der Waals surface area contributed by atoms with Gasteiger partial charge in [0.15, 0.2) is 11.5 Å². The quantitative estimate of drug-likeness (QED) is 0.599. The predicted octanol–water partition coefficient (Wildman–Crippen LogP) is 1.28. The van der Waals surface area contributed by atoms with Gasteiger partial charge in [-0.15, -0.1) is 0 Å². The number of benzene rings is 2. The van der Waals surface area contributed by atoms with Crippen molar-refractivity contribution in [1.82, 2.24) is 9.80 Å². The summed E-state index contributed by atoms with van der Waals surface area (Å²) < 4.78 is 17.3. The van der Waals surface area contributed by atoms with Crippen LogP contribution in [0.3, 0.4) is 0 Å². The first kappa shape index (κ1) is 23.1. The smallest absolute Gasteiger partial charge is 0.231 e. The number of fused-ring (bicyclic) bond motifs is 2. The van der Waals surface area contributed by atoms with Crippen LogP contribution in [0, 0.1) is 11.8 Å². The first-order chi connectivity index (χ1) is 18.0. The van der Waals surface area contributed by atoms with Crippen LogP contribution in [0.25, 0.3) is 0 Å². The third-order valence-corrected chi connectivity index (χ3v) is 8.82. The molecule has 0 aliphatic carbocycles. The fraction of sp³-hybridized carbons (Fsp3) is 0.429. The lowest BCUT2D eigenvalue weighted by molar-refractivity contribution is -0.917. The summed E-state index contributed by atoms with van der Waals surface area (Å²) in [5, 5.41) is 0.638. The fourth-order valence-electron chi connectivity index (χ4n) is 6.60. The van der Waals surface area contributed by atoms with E-state index in [0.29, 0.717) is 31.2 Å². The highest BCUT2D eigenvalue weighted by Gasteiger charge is 2.67. The van der Waals surface area contributed by atoms with Crippen molar-refractivity contribution in [2.45, 2.75) is 24.8 Å². The first-order valence-electron chi connectivity index (χ1n) is 12.9. The minimum Gasteiger partial charge on any atom is -0.454 e. The SMILES string of the molecule is O=C(C1C2C=CC3(CN(Cc4ccccc4Cl)C(=O)C13)O2)N1CC[NH+](Cc2ccc3c(c2)OCO3)CC1. The number of hydrogen-bond donors (Lipinski definition) is 1. The third-order valence-electron chi connectivity index (χ3n) is 8.46. The van der Waals surface area contributed by atoms with Gasteiger partial charge in [-0.1, -0.05) is 42.0 Å². The summed E-state index contributed by atoms with van der Waals surface area (Å²) >= 11 is 6.36. The lowest BCUT2D eigenvalue weighted by Gasteiger charge is -2.35. The van der Waals surface area contributed by atoms with Crippen LogP contribution in [0.1, 0.15) is 11.1 Å². The Balaban J connectivity index is 1.01. The van der Waals surface area contributed by atoms with Crippen LogP contribution >= 0.6 is 11.6 Å². The van der Waals surface area contributed by atoms with E-state index < -0.39 is 17.4 Å². The number of piperazine rings is 1.